The molecule has 0 aromatic heterocycles. The van der Waals surface area contributed by atoms with Crippen LogP contribution in [-0.2, 0) is 0 Å². The van der Waals surface area contributed by atoms with E-state index < -0.39 is 6.16 Å². The zero-order chi connectivity index (χ0) is 9.44. The maximum atomic E-state index is 8.33. The van der Waals surface area contributed by atoms with Crippen molar-refractivity contribution >= 4 is 6.16 Å². The summed E-state index contributed by atoms with van der Waals surface area (Å²) < 4.78 is 0. The third kappa shape index (κ3) is 53.6. The van der Waals surface area contributed by atoms with Crippen molar-refractivity contribution in [3.63, 3.8) is 0 Å². The van der Waals surface area contributed by atoms with E-state index in [2.05, 4.69) is 33.0 Å². The molecule has 0 amide bonds. The van der Waals surface area contributed by atoms with E-state index in [0.29, 0.717) is 12.1 Å². The first-order valence-electron chi connectivity index (χ1n) is 3.50. The van der Waals surface area contributed by atoms with E-state index in [0.717, 1.165) is 0 Å². The molecule has 0 radical (unpaired) electrons. The van der Waals surface area contributed by atoms with E-state index in [-0.39, 0.29) is 103 Å². The number of carboxylic acid groups (broad SMARTS) is 2. The summed E-state index contributed by atoms with van der Waals surface area (Å²) >= 11 is 0. The quantitative estimate of drug-likeness (QED) is 0.486. The number of carbonyl (C=O) groups excluding carboxylic acids is 1. The van der Waals surface area contributed by atoms with Gasteiger partial charge in [-0.2, -0.15) is 0 Å². The Balaban J connectivity index is -0.0000000600. The van der Waals surface area contributed by atoms with Crippen molar-refractivity contribution in [1.82, 2.24) is 5.32 Å². The molecule has 0 atom stereocenters. The summed E-state index contributed by atoms with van der Waals surface area (Å²) in [5.41, 5.74) is 0. The topological polar surface area (TPSA) is 75.2 Å². The van der Waals surface area contributed by atoms with Gasteiger partial charge in [-0.25, -0.2) is 0 Å². The second-order valence-corrected chi connectivity index (χ2v) is 2.73. The standard InChI is InChI=1S/C6H15N.CH2O3.2K/c1-5(2)7-6(3)4;2-1(3)4;;/h5-7H,1-4H3;(H2,2,3,4);;/q;;2*+1/p-2. The van der Waals surface area contributed by atoms with Gasteiger partial charge in [-0.05, 0) is 6.16 Å². The Hall–Kier alpha value is 2.50. The molecule has 0 aliphatic rings. The largest absolute Gasteiger partial charge is 1.00 e. The Kier molecular flexibility index (Phi) is 32.1. The molecule has 68 valence electrons. The molecule has 1 N–H and O–H groups in total. The fraction of sp³-hybridized carbons (Fsp3) is 0.857. The van der Waals surface area contributed by atoms with Gasteiger partial charge in [-0.3, -0.25) is 0 Å². The van der Waals surface area contributed by atoms with Gasteiger partial charge in [0.15, 0.2) is 0 Å². The minimum atomic E-state index is -2.33. The van der Waals surface area contributed by atoms with Gasteiger partial charge in [0.05, 0.1) is 0 Å². The van der Waals surface area contributed by atoms with Gasteiger partial charge in [-0.1, -0.05) is 27.7 Å². The molecule has 0 unspecified atom stereocenters. The average Bonchev–Trinajstić information content (AvgIpc) is 1.56. The van der Waals surface area contributed by atoms with Crippen molar-refractivity contribution in [2.75, 3.05) is 0 Å². The second kappa shape index (κ2) is 16.9. The summed E-state index contributed by atoms with van der Waals surface area (Å²) in [5, 5.41) is 20.0. The molecule has 0 saturated heterocycles. The fourth-order valence-corrected chi connectivity index (χ4v) is 0.667. The molecule has 4 nitrogen and oxygen atoms in total. The van der Waals surface area contributed by atoms with Crippen LogP contribution in [0.15, 0.2) is 0 Å². The fourth-order valence-electron chi connectivity index (χ4n) is 0.667. The van der Waals surface area contributed by atoms with Gasteiger partial charge < -0.3 is 20.3 Å². The summed E-state index contributed by atoms with van der Waals surface area (Å²) in [5.74, 6) is 0. The Morgan fingerprint density at radius 1 is 1.00 bits per heavy atom. The molecule has 0 bridgehead atoms. The number of rotatable bonds is 2. The van der Waals surface area contributed by atoms with Crippen LogP contribution in [0.5, 0.6) is 0 Å². The van der Waals surface area contributed by atoms with E-state index in [9.17, 15) is 0 Å². The van der Waals surface area contributed by atoms with Gasteiger partial charge in [0, 0.05) is 12.1 Å². The van der Waals surface area contributed by atoms with Crippen LogP contribution in [0.2, 0.25) is 0 Å². The summed E-state index contributed by atoms with van der Waals surface area (Å²) in [6.07, 6.45) is -2.33. The molecule has 0 fully saturated rings. The SMILES string of the molecule is CC(C)NC(C)C.O=C([O-])[O-].[K+].[K+]. The monoisotopic (exact) mass is 239 g/mol. The summed E-state index contributed by atoms with van der Waals surface area (Å²) in [7, 11) is 0. The Morgan fingerprint density at radius 2 is 1.15 bits per heavy atom. The molecule has 0 rings (SSSR count). The minimum absolute atomic E-state index is 0. The van der Waals surface area contributed by atoms with Gasteiger partial charge in [0.2, 0.25) is 0 Å². The van der Waals surface area contributed by atoms with E-state index in [1.807, 2.05) is 0 Å². The maximum absolute atomic E-state index is 8.33. The smallest absolute Gasteiger partial charge is 0.652 e. The van der Waals surface area contributed by atoms with E-state index >= 15 is 0 Å². The molecule has 0 aromatic carbocycles. The molecular weight excluding hydrogens is 224 g/mol. The van der Waals surface area contributed by atoms with Crippen LogP contribution in [-0.4, -0.2) is 18.2 Å². The van der Waals surface area contributed by atoms with Gasteiger partial charge in [0.1, 0.15) is 0 Å². The van der Waals surface area contributed by atoms with Crippen molar-refractivity contribution in [3.8, 4) is 0 Å². The number of nitrogens with one attached hydrogen (secondary N) is 1. The number of carbonyl (C=O) groups is 1. The Bertz CT molecular complexity index is 99.9. The van der Waals surface area contributed by atoms with Crippen molar-refractivity contribution < 1.29 is 118 Å². The van der Waals surface area contributed by atoms with Crippen LogP contribution in [0.4, 0.5) is 4.79 Å². The molecule has 13 heavy (non-hydrogen) atoms. The first kappa shape index (κ1) is 24.6. The molecular formula is C7H15K2NO3. The molecule has 6 heteroatoms. The van der Waals surface area contributed by atoms with E-state index in [1.54, 1.807) is 0 Å². The van der Waals surface area contributed by atoms with Crippen LogP contribution >= 0.6 is 0 Å². The predicted molar refractivity (Wildman–Crippen MR) is 38.8 cm³/mol. The molecule has 0 aliphatic carbocycles. The third-order valence-corrected chi connectivity index (χ3v) is 0.667. The molecule has 0 heterocycles. The Labute approximate surface area is 165 Å². The van der Waals surface area contributed by atoms with Crippen molar-refractivity contribution in [1.29, 1.82) is 0 Å². The van der Waals surface area contributed by atoms with Crippen molar-refractivity contribution in [2.45, 2.75) is 39.8 Å². The average molecular weight is 239 g/mol. The van der Waals surface area contributed by atoms with Crippen LogP contribution < -0.4 is 118 Å². The summed E-state index contributed by atoms with van der Waals surface area (Å²) in [6.45, 7) is 8.61. The van der Waals surface area contributed by atoms with Crippen molar-refractivity contribution in [2.24, 2.45) is 0 Å². The summed E-state index contributed by atoms with van der Waals surface area (Å²) in [6, 6.07) is 1.25. The molecule has 0 aromatic rings. The first-order chi connectivity index (χ1) is 4.86. The number of hydrogen-bond donors (Lipinski definition) is 1. The van der Waals surface area contributed by atoms with Gasteiger partial charge in [-0.15, -0.1) is 0 Å². The molecule has 0 aliphatic heterocycles. The predicted octanol–water partition coefficient (Wildman–Crippen LogP) is -7.05. The maximum Gasteiger partial charge on any atom is 1.00 e. The molecule has 0 spiro atoms. The van der Waals surface area contributed by atoms with E-state index in [4.69, 9.17) is 15.0 Å². The zero-order valence-electron chi connectivity index (χ0n) is 9.38. The first-order valence-corrected chi connectivity index (χ1v) is 3.50. The van der Waals surface area contributed by atoms with Crippen LogP contribution in [0.3, 0.4) is 0 Å². The second-order valence-electron chi connectivity index (χ2n) is 2.73. The zero-order valence-corrected chi connectivity index (χ0v) is 15.6. The van der Waals surface area contributed by atoms with Crippen molar-refractivity contribution in [3.05, 3.63) is 0 Å². The van der Waals surface area contributed by atoms with Crippen LogP contribution in [0.1, 0.15) is 27.7 Å². The van der Waals surface area contributed by atoms with Crippen LogP contribution in [0, 0.1) is 0 Å². The van der Waals surface area contributed by atoms with Gasteiger partial charge >= 0.3 is 103 Å². The normalized spacial score (nSPS) is 7.85. The third-order valence-electron chi connectivity index (χ3n) is 0.667. The Morgan fingerprint density at radius 3 is 1.15 bits per heavy atom. The van der Waals surface area contributed by atoms with Gasteiger partial charge in [0.25, 0.3) is 0 Å². The van der Waals surface area contributed by atoms with E-state index in [1.165, 1.54) is 0 Å². The molecule has 0 saturated carbocycles. The number of hydrogen-bond acceptors (Lipinski definition) is 4. The van der Waals surface area contributed by atoms with Crippen LogP contribution in [0.25, 0.3) is 0 Å². The summed E-state index contributed by atoms with van der Waals surface area (Å²) in [4.78, 5) is 8.33. The minimum Gasteiger partial charge on any atom is -0.652 e.